The highest BCUT2D eigenvalue weighted by atomic mass is 35.5. The van der Waals surface area contributed by atoms with Gasteiger partial charge < -0.3 is 14.5 Å². The van der Waals surface area contributed by atoms with Crippen LogP contribution < -0.4 is 4.74 Å². The molecule has 1 aromatic carbocycles. The Morgan fingerprint density at radius 3 is 2.81 bits per heavy atom. The van der Waals surface area contributed by atoms with Gasteiger partial charge in [-0.2, -0.15) is 0 Å². The van der Waals surface area contributed by atoms with E-state index in [0.29, 0.717) is 18.1 Å². The van der Waals surface area contributed by atoms with Crippen LogP contribution in [0.5, 0.6) is 5.75 Å². The molecular formula is C19H24ClN3O2S. The first kappa shape index (κ1) is 19.1. The number of likely N-dealkylation sites (N-methyl/N-ethyl adjacent to an activating group) is 1. The van der Waals surface area contributed by atoms with Crippen molar-refractivity contribution in [1.29, 1.82) is 0 Å². The molecule has 2 heterocycles. The van der Waals surface area contributed by atoms with Gasteiger partial charge in [0.15, 0.2) is 0 Å². The van der Waals surface area contributed by atoms with E-state index >= 15 is 0 Å². The first-order chi connectivity index (χ1) is 12.6. The largest absolute Gasteiger partial charge is 0.486 e. The van der Waals surface area contributed by atoms with Crippen molar-refractivity contribution in [2.24, 2.45) is 0 Å². The van der Waals surface area contributed by atoms with Crippen LogP contribution in [0.2, 0.25) is 5.02 Å². The highest BCUT2D eigenvalue weighted by molar-refractivity contribution is 7.09. The average Bonchev–Trinajstić information content (AvgIpc) is 2.95. The predicted octanol–water partition coefficient (Wildman–Crippen LogP) is 3.47. The molecule has 0 aliphatic carbocycles. The molecule has 1 amide bonds. The summed E-state index contributed by atoms with van der Waals surface area (Å²) in [5.41, 5.74) is 0.825. The molecule has 7 heteroatoms. The standard InChI is InChI=1S/C19H24ClN3O2S/c1-2-22-8-3-9-23(11-10-22)19(24)12-16-14-26-18(21-16)13-25-17-6-4-15(20)5-7-17/h4-7,14H,2-3,8-13H2,1H3. The number of benzene rings is 1. The van der Waals surface area contributed by atoms with Gasteiger partial charge in [-0.15, -0.1) is 11.3 Å². The molecule has 0 spiro atoms. The highest BCUT2D eigenvalue weighted by Crippen LogP contribution is 2.18. The van der Waals surface area contributed by atoms with E-state index in [-0.39, 0.29) is 5.91 Å². The minimum atomic E-state index is 0.165. The average molecular weight is 394 g/mol. The SMILES string of the molecule is CCN1CCCN(C(=O)Cc2csc(COc3ccc(Cl)cc3)n2)CC1. The third kappa shape index (κ3) is 5.43. The second-order valence-electron chi connectivity index (χ2n) is 6.32. The van der Waals surface area contributed by atoms with Crippen LogP contribution >= 0.6 is 22.9 Å². The summed E-state index contributed by atoms with van der Waals surface area (Å²) in [4.78, 5) is 21.5. The van der Waals surface area contributed by atoms with E-state index < -0.39 is 0 Å². The molecule has 5 nitrogen and oxygen atoms in total. The van der Waals surface area contributed by atoms with Gasteiger partial charge in [0.2, 0.25) is 5.91 Å². The van der Waals surface area contributed by atoms with E-state index in [1.165, 1.54) is 11.3 Å². The Balaban J connectivity index is 1.49. The van der Waals surface area contributed by atoms with Crippen LogP contribution in [-0.2, 0) is 17.8 Å². The number of hydrogen-bond donors (Lipinski definition) is 0. The van der Waals surface area contributed by atoms with Gasteiger partial charge in [-0.25, -0.2) is 4.98 Å². The summed E-state index contributed by atoms with van der Waals surface area (Å²) in [5.74, 6) is 0.922. The van der Waals surface area contributed by atoms with Crippen molar-refractivity contribution in [1.82, 2.24) is 14.8 Å². The van der Waals surface area contributed by atoms with E-state index in [9.17, 15) is 4.79 Å². The van der Waals surface area contributed by atoms with Crippen molar-refractivity contribution in [2.45, 2.75) is 26.4 Å². The summed E-state index contributed by atoms with van der Waals surface area (Å²) in [6.45, 7) is 7.29. The number of rotatable bonds is 6. The lowest BCUT2D eigenvalue weighted by Crippen LogP contribution is -2.36. The summed E-state index contributed by atoms with van der Waals surface area (Å²) >= 11 is 7.39. The molecule has 0 unspecified atom stereocenters. The molecule has 2 aromatic rings. The Bertz CT molecular complexity index is 720. The molecule has 0 saturated carbocycles. The lowest BCUT2D eigenvalue weighted by molar-refractivity contribution is -0.130. The van der Waals surface area contributed by atoms with Gasteiger partial charge in [-0.1, -0.05) is 18.5 Å². The summed E-state index contributed by atoms with van der Waals surface area (Å²) in [5, 5.41) is 3.51. The summed E-state index contributed by atoms with van der Waals surface area (Å²) in [6, 6.07) is 7.26. The zero-order valence-electron chi connectivity index (χ0n) is 15.0. The van der Waals surface area contributed by atoms with E-state index in [2.05, 4.69) is 16.8 Å². The fourth-order valence-electron chi connectivity index (χ4n) is 2.98. The second kappa shape index (κ2) is 9.35. The van der Waals surface area contributed by atoms with Crippen LogP contribution in [0, 0.1) is 0 Å². The maximum atomic E-state index is 12.6. The fourth-order valence-corrected chi connectivity index (χ4v) is 3.81. The van der Waals surface area contributed by atoms with Crippen molar-refractivity contribution in [2.75, 3.05) is 32.7 Å². The third-order valence-electron chi connectivity index (χ3n) is 4.50. The number of thiazole rings is 1. The Labute approximate surface area is 163 Å². The van der Waals surface area contributed by atoms with Crippen molar-refractivity contribution in [3.8, 4) is 5.75 Å². The number of ether oxygens (including phenoxy) is 1. The summed E-state index contributed by atoms with van der Waals surface area (Å²) in [7, 11) is 0. The maximum Gasteiger partial charge on any atom is 0.228 e. The van der Waals surface area contributed by atoms with Crippen molar-refractivity contribution >= 4 is 28.8 Å². The quantitative estimate of drug-likeness (QED) is 0.753. The monoisotopic (exact) mass is 393 g/mol. The van der Waals surface area contributed by atoms with Crippen molar-refractivity contribution in [3.05, 3.63) is 45.4 Å². The molecule has 1 aliphatic rings. The number of carbonyl (C=O) groups is 1. The lowest BCUT2D eigenvalue weighted by atomic mass is 10.3. The Morgan fingerprint density at radius 2 is 2.04 bits per heavy atom. The van der Waals surface area contributed by atoms with E-state index in [0.717, 1.165) is 55.6 Å². The molecular weight excluding hydrogens is 370 g/mol. The van der Waals surface area contributed by atoms with Crippen LogP contribution in [0.25, 0.3) is 0 Å². The van der Waals surface area contributed by atoms with E-state index in [1.54, 1.807) is 12.1 Å². The Kier molecular flexibility index (Phi) is 6.88. The van der Waals surface area contributed by atoms with Gasteiger partial charge in [-0.3, -0.25) is 4.79 Å². The molecule has 1 aromatic heterocycles. The molecule has 1 fully saturated rings. The lowest BCUT2D eigenvalue weighted by Gasteiger charge is -2.20. The topological polar surface area (TPSA) is 45.7 Å². The van der Waals surface area contributed by atoms with Crippen LogP contribution in [0.4, 0.5) is 0 Å². The number of nitrogens with zero attached hydrogens (tertiary/aromatic N) is 3. The van der Waals surface area contributed by atoms with E-state index in [4.69, 9.17) is 16.3 Å². The maximum absolute atomic E-state index is 12.6. The van der Waals surface area contributed by atoms with Gasteiger partial charge >= 0.3 is 0 Å². The molecule has 140 valence electrons. The number of amides is 1. The molecule has 1 aliphatic heterocycles. The molecule has 0 N–H and O–H groups in total. The Morgan fingerprint density at radius 1 is 1.23 bits per heavy atom. The summed E-state index contributed by atoms with van der Waals surface area (Å²) in [6.07, 6.45) is 1.40. The second-order valence-corrected chi connectivity index (χ2v) is 7.70. The minimum Gasteiger partial charge on any atom is -0.486 e. The van der Waals surface area contributed by atoms with Crippen LogP contribution in [0.15, 0.2) is 29.6 Å². The van der Waals surface area contributed by atoms with Gasteiger partial charge in [0, 0.05) is 30.0 Å². The molecule has 3 rings (SSSR count). The molecule has 26 heavy (non-hydrogen) atoms. The number of halogens is 1. The number of hydrogen-bond acceptors (Lipinski definition) is 5. The molecule has 0 bridgehead atoms. The predicted molar refractivity (Wildman–Crippen MR) is 105 cm³/mol. The van der Waals surface area contributed by atoms with Gasteiger partial charge in [-0.05, 0) is 43.8 Å². The molecule has 1 saturated heterocycles. The number of aromatic nitrogens is 1. The summed E-state index contributed by atoms with van der Waals surface area (Å²) < 4.78 is 5.71. The normalized spacial score (nSPS) is 15.7. The fraction of sp³-hybridized carbons (Fsp3) is 0.474. The third-order valence-corrected chi connectivity index (χ3v) is 5.62. The smallest absolute Gasteiger partial charge is 0.228 e. The van der Waals surface area contributed by atoms with Crippen LogP contribution in [0.3, 0.4) is 0 Å². The van der Waals surface area contributed by atoms with E-state index in [1.807, 2.05) is 22.4 Å². The first-order valence-electron chi connectivity index (χ1n) is 8.96. The molecule has 0 atom stereocenters. The van der Waals surface area contributed by atoms with Gasteiger partial charge in [0.25, 0.3) is 0 Å². The highest BCUT2D eigenvalue weighted by Gasteiger charge is 2.19. The van der Waals surface area contributed by atoms with Crippen molar-refractivity contribution in [3.63, 3.8) is 0 Å². The van der Waals surface area contributed by atoms with Gasteiger partial charge in [0.1, 0.15) is 17.4 Å². The van der Waals surface area contributed by atoms with Gasteiger partial charge in [0.05, 0.1) is 12.1 Å². The zero-order valence-corrected chi connectivity index (χ0v) is 16.6. The van der Waals surface area contributed by atoms with Crippen LogP contribution in [0.1, 0.15) is 24.0 Å². The number of carbonyl (C=O) groups excluding carboxylic acids is 1. The Hall–Kier alpha value is -1.63. The first-order valence-corrected chi connectivity index (χ1v) is 10.2. The zero-order chi connectivity index (χ0) is 18.4. The minimum absolute atomic E-state index is 0.165. The molecule has 0 radical (unpaired) electrons. The van der Waals surface area contributed by atoms with Crippen LogP contribution in [-0.4, -0.2) is 53.4 Å². The van der Waals surface area contributed by atoms with Crippen molar-refractivity contribution < 1.29 is 9.53 Å².